The number of methoxy groups -OCH3 is 1. The molecule has 8 nitrogen and oxygen atoms in total. The van der Waals surface area contributed by atoms with Gasteiger partial charge in [-0.2, -0.15) is 0 Å². The predicted octanol–water partition coefficient (Wildman–Crippen LogP) is 0.561. The fourth-order valence-electron chi connectivity index (χ4n) is 2.93. The van der Waals surface area contributed by atoms with Crippen molar-refractivity contribution in [2.45, 2.75) is 51.3 Å². The largest absolute Gasteiger partial charge is 0.497 e. The molecule has 0 heterocycles. The molecule has 0 bridgehead atoms. The van der Waals surface area contributed by atoms with E-state index in [0.29, 0.717) is 18.6 Å². The summed E-state index contributed by atoms with van der Waals surface area (Å²) in [6.07, 6.45) is 0.619. The van der Waals surface area contributed by atoms with E-state index in [4.69, 9.17) is 9.47 Å². The van der Waals surface area contributed by atoms with Gasteiger partial charge in [-0.25, -0.2) is 4.79 Å². The first-order valence-electron chi connectivity index (χ1n) is 9.42. The molecule has 154 valence electrons. The number of benzene rings is 1. The van der Waals surface area contributed by atoms with Crippen LogP contribution in [0.1, 0.15) is 32.3 Å². The highest BCUT2D eigenvalue weighted by atomic mass is 16.5. The molecule has 0 unspecified atom stereocenters. The number of carbonyl (C=O) groups is 3. The molecule has 0 spiro atoms. The van der Waals surface area contributed by atoms with E-state index in [1.807, 2.05) is 12.1 Å². The minimum absolute atomic E-state index is 0.199. The Kier molecular flexibility index (Phi) is 7.80. The standard InChI is InChI=1S/C20H28N2O6/c1-4-28-20(26)17(9-13-5-7-16(27-3)8-6-13)22-18(24)12(2)21-19(25)14-10-15(23)11-14/h5-8,12,14-15,17,23H,4,9-11H2,1-3H3,(H,21,25)(H,22,24)/t12-,14-,15+,17+/m1/s1. The Morgan fingerprint density at radius 3 is 2.36 bits per heavy atom. The molecule has 2 atom stereocenters. The Balaban J connectivity index is 1.96. The van der Waals surface area contributed by atoms with E-state index in [9.17, 15) is 19.5 Å². The monoisotopic (exact) mass is 392 g/mol. The van der Waals surface area contributed by atoms with Crippen molar-refractivity contribution in [2.24, 2.45) is 5.92 Å². The molecule has 0 saturated heterocycles. The van der Waals surface area contributed by atoms with Gasteiger partial charge in [0.2, 0.25) is 11.8 Å². The van der Waals surface area contributed by atoms with Gasteiger partial charge in [0.1, 0.15) is 17.8 Å². The molecular weight excluding hydrogens is 364 g/mol. The number of aliphatic hydroxyl groups excluding tert-OH is 1. The first kappa shape index (κ1) is 21.7. The van der Waals surface area contributed by atoms with Crippen LogP contribution >= 0.6 is 0 Å². The van der Waals surface area contributed by atoms with E-state index in [1.165, 1.54) is 0 Å². The SMILES string of the molecule is CCOC(=O)[C@H](Cc1ccc(OC)cc1)NC(=O)[C@@H](C)NC(=O)[C@H]1C[C@@H](O)C1. The highest BCUT2D eigenvalue weighted by Gasteiger charge is 2.34. The third kappa shape index (κ3) is 5.95. The maximum absolute atomic E-state index is 12.5. The number of nitrogens with one attached hydrogen (secondary N) is 2. The molecule has 2 rings (SSSR count). The van der Waals surface area contributed by atoms with Gasteiger partial charge in [0, 0.05) is 12.3 Å². The molecule has 0 radical (unpaired) electrons. The number of carbonyl (C=O) groups excluding carboxylic acids is 3. The number of hydrogen-bond acceptors (Lipinski definition) is 6. The van der Waals surface area contributed by atoms with Crippen molar-refractivity contribution in [3.05, 3.63) is 29.8 Å². The van der Waals surface area contributed by atoms with Gasteiger partial charge in [0.15, 0.2) is 0 Å². The molecule has 1 aromatic rings. The highest BCUT2D eigenvalue weighted by molar-refractivity contribution is 5.91. The second-order valence-corrected chi connectivity index (χ2v) is 6.92. The van der Waals surface area contributed by atoms with Crippen molar-refractivity contribution in [3.8, 4) is 5.75 Å². The lowest BCUT2D eigenvalue weighted by molar-refractivity contribution is -0.147. The van der Waals surface area contributed by atoms with Gasteiger partial charge >= 0.3 is 5.97 Å². The van der Waals surface area contributed by atoms with Crippen LogP contribution in [0.4, 0.5) is 0 Å². The topological polar surface area (TPSA) is 114 Å². The summed E-state index contributed by atoms with van der Waals surface area (Å²) >= 11 is 0. The summed E-state index contributed by atoms with van der Waals surface area (Å²) in [5.41, 5.74) is 0.833. The van der Waals surface area contributed by atoms with Gasteiger partial charge in [-0.3, -0.25) is 9.59 Å². The molecule has 1 aliphatic rings. The van der Waals surface area contributed by atoms with Crippen molar-refractivity contribution in [1.82, 2.24) is 10.6 Å². The molecule has 1 fully saturated rings. The normalized spacial score (nSPS) is 20.3. The third-order valence-electron chi connectivity index (χ3n) is 4.72. The van der Waals surface area contributed by atoms with Crippen LogP contribution < -0.4 is 15.4 Å². The summed E-state index contributed by atoms with van der Waals surface area (Å²) in [6, 6.07) is 5.49. The van der Waals surface area contributed by atoms with Crippen LogP contribution in [0.15, 0.2) is 24.3 Å². The van der Waals surface area contributed by atoms with Gasteiger partial charge in [0.25, 0.3) is 0 Å². The molecular formula is C20H28N2O6. The molecule has 28 heavy (non-hydrogen) atoms. The lowest BCUT2D eigenvalue weighted by atomic mass is 9.82. The molecule has 3 N–H and O–H groups in total. The Bertz CT molecular complexity index is 684. The zero-order valence-electron chi connectivity index (χ0n) is 16.4. The Hall–Kier alpha value is -2.61. The number of rotatable bonds is 9. The van der Waals surface area contributed by atoms with Gasteiger partial charge in [0.05, 0.1) is 19.8 Å². The molecule has 8 heteroatoms. The van der Waals surface area contributed by atoms with Crippen molar-refractivity contribution in [2.75, 3.05) is 13.7 Å². The smallest absolute Gasteiger partial charge is 0.328 e. The zero-order valence-corrected chi connectivity index (χ0v) is 16.4. The molecule has 0 aliphatic heterocycles. The average molecular weight is 392 g/mol. The summed E-state index contributed by atoms with van der Waals surface area (Å²) in [7, 11) is 1.57. The number of hydrogen-bond donors (Lipinski definition) is 3. The van der Waals surface area contributed by atoms with Crippen LogP contribution in [0, 0.1) is 5.92 Å². The van der Waals surface area contributed by atoms with Gasteiger partial charge in [-0.15, -0.1) is 0 Å². The summed E-state index contributed by atoms with van der Waals surface area (Å²) in [4.78, 5) is 36.8. The minimum atomic E-state index is -0.870. The van der Waals surface area contributed by atoms with Crippen molar-refractivity contribution in [3.63, 3.8) is 0 Å². The highest BCUT2D eigenvalue weighted by Crippen LogP contribution is 2.27. The maximum Gasteiger partial charge on any atom is 0.328 e. The first-order chi connectivity index (χ1) is 13.3. The predicted molar refractivity (Wildman–Crippen MR) is 102 cm³/mol. The summed E-state index contributed by atoms with van der Waals surface area (Å²) in [6.45, 7) is 3.45. The van der Waals surface area contributed by atoms with Crippen LogP contribution in [-0.2, 0) is 25.5 Å². The van der Waals surface area contributed by atoms with E-state index in [2.05, 4.69) is 10.6 Å². The molecule has 2 amide bonds. The third-order valence-corrected chi connectivity index (χ3v) is 4.72. The quantitative estimate of drug-likeness (QED) is 0.529. The van der Waals surface area contributed by atoms with Crippen molar-refractivity contribution in [1.29, 1.82) is 0 Å². The van der Waals surface area contributed by atoms with Gasteiger partial charge < -0.3 is 25.2 Å². The van der Waals surface area contributed by atoms with E-state index in [-0.39, 0.29) is 24.9 Å². The van der Waals surface area contributed by atoms with E-state index in [1.54, 1.807) is 33.1 Å². The average Bonchev–Trinajstić information content (AvgIpc) is 2.65. The Labute approximate surface area is 164 Å². The van der Waals surface area contributed by atoms with Crippen LogP contribution in [0.25, 0.3) is 0 Å². The summed E-state index contributed by atoms with van der Waals surface area (Å²) < 4.78 is 10.2. The lowest BCUT2D eigenvalue weighted by Gasteiger charge is -2.31. The van der Waals surface area contributed by atoms with Crippen molar-refractivity contribution >= 4 is 17.8 Å². The first-order valence-corrected chi connectivity index (χ1v) is 9.42. The Morgan fingerprint density at radius 1 is 1.18 bits per heavy atom. The van der Waals surface area contributed by atoms with Gasteiger partial charge in [-0.1, -0.05) is 12.1 Å². The minimum Gasteiger partial charge on any atom is -0.497 e. The number of esters is 1. The molecule has 1 aromatic carbocycles. The summed E-state index contributed by atoms with van der Waals surface area (Å²) in [5, 5.41) is 14.6. The van der Waals surface area contributed by atoms with E-state index in [0.717, 1.165) is 5.56 Å². The number of amides is 2. The Morgan fingerprint density at radius 2 is 1.82 bits per heavy atom. The van der Waals surface area contributed by atoms with E-state index < -0.39 is 30.1 Å². The van der Waals surface area contributed by atoms with Crippen LogP contribution in [0.3, 0.4) is 0 Å². The number of aliphatic hydroxyl groups is 1. The fraction of sp³-hybridized carbons (Fsp3) is 0.550. The molecule has 0 aromatic heterocycles. The van der Waals surface area contributed by atoms with Crippen molar-refractivity contribution < 1.29 is 29.0 Å². The lowest BCUT2D eigenvalue weighted by Crippen LogP contribution is -2.53. The zero-order chi connectivity index (χ0) is 20.7. The summed E-state index contributed by atoms with van der Waals surface area (Å²) in [5.74, 6) is -0.855. The van der Waals surface area contributed by atoms with Crippen LogP contribution in [0.5, 0.6) is 5.75 Å². The van der Waals surface area contributed by atoms with E-state index >= 15 is 0 Å². The molecule has 1 aliphatic carbocycles. The maximum atomic E-state index is 12.5. The molecule has 1 saturated carbocycles. The second-order valence-electron chi connectivity index (χ2n) is 6.92. The van der Waals surface area contributed by atoms with Crippen LogP contribution in [-0.4, -0.2) is 54.8 Å². The van der Waals surface area contributed by atoms with Crippen LogP contribution in [0.2, 0.25) is 0 Å². The van der Waals surface area contributed by atoms with Gasteiger partial charge in [-0.05, 0) is 44.4 Å². The fourth-order valence-corrected chi connectivity index (χ4v) is 2.93. The number of ether oxygens (including phenoxy) is 2. The second kappa shape index (κ2) is 10.1.